The van der Waals surface area contributed by atoms with Gasteiger partial charge >= 0.3 is 6.09 Å². The molecule has 1 atom stereocenters. The number of nitrogens with zero attached hydrogens (tertiary/aromatic N) is 1. The molecule has 0 aromatic rings. The Morgan fingerprint density at radius 2 is 2.24 bits per heavy atom. The van der Waals surface area contributed by atoms with Gasteiger partial charge in [0.15, 0.2) is 0 Å². The molecule has 0 spiro atoms. The average Bonchev–Trinajstić information content (AvgIpc) is 2.59. The number of carbonyl (C=O) groups excluding carboxylic acids is 1. The van der Waals surface area contributed by atoms with E-state index in [1.807, 2.05) is 20.8 Å². The van der Waals surface area contributed by atoms with Crippen LogP contribution in [0.15, 0.2) is 0 Å². The van der Waals surface area contributed by atoms with Crippen molar-refractivity contribution in [1.82, 2.24) is 10.2 Å². The quantitative estimate of drug-likeness (QED) is 0.824. The molecule has 5 heteroatoms. The molecule has 1 amide bonds. The molecule has 1 aliphatic rings. The lowest BCUT2D eigenvalue weighted by atomic mass is 10.2. The minimum absolute atomic E-state index is 0.129. The number of likely N-dealkylation sites (tertiary alicyclic amines) is 1. The number of halogens is 1. The van der Waals surface area contributed by atoms with E-state index in [1.54, 1.807) is 0 Å². The van der Waals surface area contributed by atoms with Gasteiger partial charge in [0.1, 0.15) is 5.60 Å². The molecule has 0 aromatic carbocycles. The number of hydrogen-bond acceptors (Lipinski definition) is 3. The van der Waals surface area contributed by atoms with E-state index in [4.69, 9.17) is 4.74 Å². The molecule has 1 rings (SSSR count). The molecular weight excluding hydrogens is 223 g/mol. The van der Waals surface area contributed by atoms with E-state index in [-0.39, 0.29) is 18.8 Å². The maximum absolute atomic E-state index is 12.0. The lowest BCUT2D eigenvalue weighted by Crippen LogP contribution is -2.40. The Hall–Kier alpha value is -0.840. The maximum Gasteiger partial charge on any atom is 0.407 e. The van der Waals surface area contributed by atoms with Crippen molar-refractivity contribution < 1.29 is 13.9 Å². The number of ether oxygens (including phenoxy) is 1. The summed E-state index contributed by atoms with van der Waals surface area (Å²) in [6.07, 6.45) is 1.11. The van der Waals surface area contributed by atoms with Gasteiger partial charge in [-0.15, -0.1) is 0 Å². The van der Waals surface area contributed by atoms with Crippen LogP contribution in [0.4, 0.5) is 9.18 Å². The van der Waals surface area contributed by atoms with E-state index < -0.39 is 5.60 Å². The molecule has 0 bridgehead atoms. The molecular formula is C12H23FN2O2. The van der Waals surface area contributed by atoms with Crippen molar-refractivity contribution in [3.8, 4) is 0 Å². The van der Waals surface area contributed by atoms with Gasteiger partial charge in [-0.05, 0) is 33.6 Å². The first-order valence-corrected chi connectivity index (χ1v) is 6.18. The molecule has 0 radical (unpaired) electrons. The molecule has 1 heterocycles. The third kappa shape index (κ3) is 5.86. The first kappa shape index (κ1) is 14.2. The highest BCUT2D eigenvalue weighted by Gasteiger charge is 2.25. The van der Waals surface area contributed by atoms with E-state index >= 15 is 0 Å². The lowest BCUT2D eigenvalue weighted by molar-refractivity contribution is 0.0506. The Morgan fingerprint density at radius 1 is 1.53 bits per heavy atom. The van der Waals surface area contributed by atoms with Crippen molar-refractivity contribution >= 4 is 6.09 Å². The Morgan fingerprint density at radius 3 is 2.82 bits per heavy atom. The second kappa shape index (κ2) is 6.19. The van der Waals surface area contributed by atoms with Crippen molar-refractivity contribution in [3.63, 3.8) is 0 Å². The van der Waals surface area contributed by atoms with Crippen molar-refractivity contribution in [2.24, 2.45) is 0 Å². The molecule has 1 saturated heterocycles. The smallest absolute Gasteiger partial charge is 0.407 e. The molecule has 1 aliphatic heterocycles. The minimum Gasteiger partial charge on any atom is -0.444 e. The molecule has 0 aliphatic carbocycles. The van der Waals surface area contributed by atoms with Gasteiger partial charge in [-0.1, -0.05) is 0 Å². The number of alkyl carbamates (subject to hydrolysis) is 1. The first-order valence-electron chi connectivity index (χ1n) is 6.18. The second-order valence-electron chi connectivity index (χ2n) is 5.47. The van der Waals surface area contributed by atoms with Gasteiger partial charge in [0.25, 0.3) is 0 Å². The van der Waals surface area contributed by atoms with Crippen molar-refractivity contribution in [2.75, 3.05) is 26.3 Å². The summed E-state index contributed by atoms with van der Waals surface area (Å²) in [4.78, 5) is 13.7. The van der Waals surface area contributed by atoms with Gasteiger partial charge in [-0.25, -0.2) is 4.79 Å². The van der Waals surface area contributed by atoms with Crippen LogP contribution in [-0.2, 0) is 4.74 Å². The van der Waals surface area contributed by atoms with Crippen LogP contribution < -0.4 is 5.32 Å². The number of carbonyl (C=O) groups is 1. The van der Waals surface area contributed by atoms with Crippen LogP contribution in [0.5, 0.6) is 0 Å². The highest BCUT2D eigenvalue weighted by atomic mass is 19.1. The predicted molar refractivity (Wildman–Crippen MR) is 64.8 cm³/mol. The Bertz CT molecular complexity index is 253. The number of rotatable bonds is 4. The topological polar surface area (TPSA) is 41.6 Å². The van der Waals surface area contributed by atoms with Gasteiger partial charge < -0.3 is 15.0 Å². The van der Waals surface area contributed by atoms with Gasteiger partial charge in [0, 0.05) is 25.7 Å². The number of nitrogens with one attached hydrogen (secondary N) is 1. The average molecular weight is 246 g/mol. The van der Waals surface area contributed by atoms with E-state index in [0.29, 0.717) is 6.42 Å². The third-order valence-electron chi connectivity index (χ3n) is 2.60. The largest absolute Gasteiger partial charge is 0.444 e. The Labute approximate surface area is 102 Å². The summed E-state index contributed by atoms with van der Waals surface area (Å²) in [7, 11) is 0. The fraction of sp³-hybridized carbons (Fsp3) is 0.917. The molecule has 17 heavy (non-hydrogen) atoms. The highest BCUT2D eigenvalue weighted by Crippen LogP contribution is 2.11. The van der Waals surface area contributed by atoms with Gasteiger partial charge in [0.05, 0.1) is 6.67 Å². The summed E-state index contributed by atoms with van der Waals surface area (Å²) in [5.74, 6) is 0. The molecule has 1 N–H and O–H groups in total. The molecule has 1 fully saturated rings. The maximum atomic E-state index is 12.0. The molecule has 100 valence electrons. The number of alkyl halides is 1. The zero-order valence-electron chi connectivity index (χ0n) is 11.0. The first-order chi connectivity index (χ1) is 7.90. The summed E-state index contributed by atoms with van der Waals surface area (Å²) in [5, 5.41) is 2.85. The standard InChI is InChI=1S/C12H23FN2O2/c1-12(2,3)17-11(16)14-10-5-8-15(9-10)7-4-6-13/h10H,4-9H2,1-3H3,(H,14,16)/t10-/m1/s1. The third-order valence-corrected chi connectivity index (χ3v) is 2.60. The fourth-order valence-electron chi connectivity index (χ4n) is 1.91. The van der Waals surface area contributed by atoms with Gasteiger partial charge in [0.2, 0.25) is 0 Å². The van der Waals surface area contributed by atoms with E-state index in [2.05, 4.69) is 10.2 Å². The molecule has 0 aromatic heterocycles. The SMILES string of the molecule is CC(C)(C)OC(=O)N[C@@H]1CCN(CCCF)C1. The monoisotopic (exact) mass is 246 g/mol. The van der Waals surface area contributed by atoms with E-state index in [0.717, 1.165) is 26.1 Å². The zero-order valence-corrected chi connectivity index (χ0v) is 11.0. The normalized spacial score (nSPS) is 21.5. The van der Waals surface area contributed by atoms with Crippen molar-refractivity contribution in [1.29, 1.82) is 0 Å². The van der Waals surface area contributed by atoms with Crippen molar-refractivity contribution in [2.45, 2.75) is 45.3 Å². The summed E-state index contributed by atoms with van der Waals surface area (Å²) >= 11 is 0. The van der Waals surface area contributed by atoms with Crippen molar-refractivity contribution in [3.05, 3.63) is 0 Å². The Kier molecular flexibility index (Phi) is 5.18. The van der Waals surface area contributed by atoms with Crippen LogP contribution in [0.1, 0.15) is 33.6 Å². The second-order valence-corrected chi connectivity index (χ2v) is 5.47. The van der Waals surface area contributed by atoms with Gasteiger partial charge in [-0.2, -0.15) is 0 Å². The summed E-state index contributed by atoms with van der Waals surface area (Å²) in [6.45, 7) is 7.72. The predicted octanol–water partition coefficient (Wildman–Crippen LogP) is 1.95. The van der Waals surface area contributed by atoms with Crippen LogP contribution >= 0.6 is 0 Å². The zero-order chi connectivity index (χ0) is 12.9. The van der Waals surface area contributed by atoms with Crippen LogP contribution in [0.25, 0.3) is 0 Å². The van der Waals surface area contributed by atoms with Gasteiger partial charge in [-0.3, -0.25) is 4.39 Å². The van der Waals surface area contributed by atoms with E-state index in [1.165, 1.54) is 0 Å². The molecule has 0 unspecified atom stereocenters. The summed E-state index contributed by atoms with van der Waals surface area (Å²) in [6, 6.07) is 0.129. The van der Waals surface area contributed by atoms with Crippen LogP contribution in [0.2, 0.25) is 0 Å². The number of hydrogen-bond donors (Lipinski definition) is 1. The number of amides is 1. The van der Waals surface area contributed by atoms with Crippen LogP contribution in [-0.4, -0.2) is 48.9 Å². The van der Waals surface area contributed by atoms with Crippen LogP contribution in [0.3, 0.4) is 0 Å². The lowest BCUT2D eigenvalue weighted by Gasteiger charge is -2.22. The minimum atomic E-state index is -0.462. The van der Waals surface area contributed by atoms with Crippen LogP contribution in [0, 0.1) is 0 Å². The van der Waals surface area contributed by atoms with E-state index in [9.17, 15) is 9.18 Å². The summed E-state index contributed by atoms with van der Waals surface area (Å²) < 4.78 is 17.2. The molecule has 0 saturated carbocycles. The molecule has 4 nitrogen and oxygen atoms in total. The highest BCUT2D eigenvalue weighted by molar-refractivity contribution is 5.68. The Balaban J connectivity index is 2.23. The fourth-order valence-corrected chi connectivity index (χ4v) is 1.91. The summed E-state index contributed by atoms with van der Waals surface area (Å²) in [5.41, 5.74) is -0.462.